The third kappa shape index (κ3) is 1.90. The molecule has 0 aliphatic carbocycles. The molecule has 1 aliphatic heterocycles. The lowest BCUT2D eigenvalue weighted by Crippen LogP contribution is -2.40. The Balaban J connectivity index is 2.37. The number of hydrogen-bond acceptors (Lipinski definition) is 4. The number of rotatable bonds is 1. The second-order valence-electron chi connectivity index (χ2n) is 4.08. The minimum absolute atomic E-state index is 0.207. The highest BCUT2D eigenvalue weighted by Gasteiger charge is 2.35. The predicted molar refractivity (Wildman–Crippen MR) is 64.2 cm³/mol. The van der Waals surface area contributed by atoms with Gasteiger partial charge in [-0.1, -0.05) is 0 Å². The smallest absolute Gasteiger partial charge is 0.235 e. The van der Waals surface area contributed by atoms with E-state index in [2.05, 4.69) is 31.5 Å². The minimum Gasteiger partial charge on any atom is -0.395 e. The Morgan fingerprint density at radius 3 is 3.12 bits per heavy atom. The zero-order chi connectivity index (χ0) is 11.8. The van der Waals surface area contributed by atoms with Gasteiger partial charge < -0.3 is 15.7 Å². The maximum Gasteiger partial charge on any atom is 0.235 e. The van der Waals surface area contributed by atoms with Gasteiger partial charge in [-0.05, 0) is 28.9 Å². The van der Waals surface area contributed by atoms with E-state index in [1.165, 1.54) is 0 Å². The molecule has 0 saturated heterocycles. The maximum atomic E-state index is 11.9. The zero-order valence-corrected chi connectivity index (χ0v) is 10.3. The fourth-order valence-electron chi connectivity index (χ4n) is 1.43. The van der Waals surface area contributed by atoms with E-state index in [9.17, 15) is 9.90 Å². The summed E-state index contributed by atoms with van der Waals surface area (Å²) < 4.78 is 0.834. The van der Waals surface area contributed by atoms with Crippen LogP contribution in [0.15, 0.2) is 16.7 Å². The summed E-state index contributed by atoms with van der Waals surface area (Å²) in [5.74, 6) is 0.265. The van der Waals surface area contributed by atoms with Crippen molar-refractivity contribution < 1.29 is 9.90 Å². The van der Waals surface area contributed by atoms with Gasteiger partial charge in [0.2, 0.25) is 5.91 Å². The fourth-order valence-corrected chi connectivity index (χ4v) is 1.76. The molecule has 16 heavy (non-hydrogen) atoms. The first-order chi connectivity index (χ1) is 7.55. The third-order valence-electron chi connectivity index (χ3n) is 2.65. The van der Waals surface area contributed by atoms with Crippen LogP contribution in [0.2, 0.25) is 0 Å². The summed E-state index contributed by atoms with van der Waals surface area (Å²) in [7, 11) is 0. The summed E-state index contributed by atoms with van der Waals surface area (Å²) in [6.45, 7) is 1.87. The highest BCUT2D eigenvalue weighted by Crippen LogP contribution is 2.30. The Labute approximate surface area is 101 Å². The Morgan fingerprint density at radius 2 is 2.44 bits per heavy atom. The molecule has 1 aliphatic rings. The van der Waals surface area contributed by atoms with Crippen LogP contribution in [0.4, 0.5) is 11.5 Å². The number of amides is 1. The second kappa shape index (κ2) is 4.03. The maximum absolute atomic E-state index is 11.9. The van der Waals surface area contributed by atoms with Gasteiger partial charge in [-0.15, -0.1) is 0 Å². The molecule has 0 spiro atoms. The van der Waals surface area contributed by atoms with Gasteiger partial charge in [0.25, 0.3) is 0 Å². The van der Waals surface area contributed by atoms with Crippen LogP contribution in [-0.4, -0.2) is 29.1 Å². The quantitative estimate of drug-likeness (QED) is 0.725. The Morgan fingerprint density at radius 1 is 1.69 bits per heavy atom. The summed E-state index contributed by atoms with van der Waals surface area (Å²) in [4.78, 5) is 16.0. The van der Waals surface area contributed by atoms with Crippen LogP contribution in [0.25, 0.3) is 0 Å². The summed E-state index contributed by atoms with van der Waals surface area (Å²) in [6.07, 6.45) is 1.61. The highest BCUT2D eigenvalue weighted by atomic mass is 79.9. The molecule has 6 heteroatoms. The van der Waals surface area contributed by atoms with Crippen LogP contribution in [0.5, 0.6) is 0 Å². The monoisotopic (exact) mass is 285 g/mol. The van der Waals surface area contributed by atoms with Gasteiger partial charge in [-0.2, -0.15) is 0 Å². The molecule has 0 bridgehead atoms. The van der Waals surface area contributed by atoms with Crippen molar-refractivity contribution in [3.05, 3.63) is 16.7 Å². The summed E-state index contributed by atoms with van der Waals surface area (Å²) in [5, 5.41) is 15.0. The number of aromatic nitrogens is 1. The van der Waals surface area contributed by atoms with Crippen molar-refractivity contribution in [1.82, 2.24) is 4.98 Å². The molecule has 3 N–H and O–H groups in total. The molecule has 2 rings (SSSR count). The molecule has 1 aromatic rings. The van der Waals surface area contributed by atoms with Crippen molar-refractivity contribution in [3.63, 3.8) is 0 Å². The molecular weight excluding hydrogens is 274 g/mol. The van der Waals surface area contributed by atoms with Crippen molar-refractivity contribution in [2.45, 2.75) is 6.92 Å². The van der Waals surface area contributed by atoms with Crippen molar-refractivity contribution >= 4 is 33.3 Å². The number of pyridine rings is 1. The molecule has 1 amide bonds. The Hall–Kier alpha value is -1.14. The van der Waals surface area contributed by atoms with Gasteiger partial charge >= 0.3 is 0 Å². The van der Waals surface area contributed by atoms with Crippen LogP contribution in [0.3, 0.4) is 0 Å². The predicted octanol–water partition coefficient (Wildman–Crippen LogP) is 1.21. The lowest BCUT2D eigenvalue weighted by Gasteiger charge is -2.22. The van der Waals surface area contributed by atoms with E-state index >= 15 is 0 Å². The summed E-state index contributed by atoms with van der Waals surface area (Å²) in [5.41, 5.74) is -0.0763. The number of fused-ring (bicyclic) bond motifs is 1. The van der Waals surface area contributed by atoms with Crippen LogP contribution >= 0.6 is 15.9 Å². The lowest BCUT2D eigenvalue weighted by atomic mass is 9.91. The number of nitrogens with zero attached hydrogens (tertiary/aromatic N) is 1. The summed E-state index contributed by atoms with van der Waals surface area (Å²) >= 11 is 3.31. The van der Waals surface area contributed by atoms with E-state index in [4.69, 9.17) is 0 Å². The fraction of sp³-hybridized carbons (Fsp3) is 0.400. The van der Waals surface area contributed by atoms with E-state index in [0.717, 1.165) is 10.2 Å². The van der Waals surface area contributed by atoms with Crippen molar-refractivity contribution in [2.24, 2.45) is 5.41 Å². The van der Waals surface area contributed by atoms with Gasteiger partial charge in [0, 0.05) is 17.2 Å². The lowest BCUT2D eigenvalue weighted by molar-refractivity contribution is -0.125. The van der Waals surface area contributed by atoms with Gasteiger partial charge in [-0.25, -0.2) is 4.98 Å². The number of carbonyl (C=O) groups excluding carboxylic acids is 1. The number of aliphatic hydroxyl groups excluding tert-OH is 1. The topological polar surface area (TPSA) is 74.2 Å². The van der Waals surface area contributed by atoms with Crippen LogP contribution < -0.4 is 10.6 Å². The van der Waals surface area contributed by atoms with Crippen LogP contribution in [0.1, 0.15) is 6.92 Å². The van der Waals surface area contributed by atoms with Gasteiger partial charge in [0.15, 0.2) is 5.82 Å². The number of nitrogens with one attached hydrogen (secondary N) is 2. The molecule has 0 aromatic carbocycles. The zero-order valence-electron chi connectivity index (χ0n) is 8.75. The van der Waals surface area contributed by atoms with Crippen molar-refractivity contribution in [1.29, 1.82) is 0 Å². The van der Waals surface area contributed by atoms with E-state index < -0.39 is 5.41 Å². The molecule has 0 radical (unpaired) electrons. The molecule has 0 unspecified atom stereocenters. The Bertz CT molecular complexity index is 438. The van der Waals surface area contributed by atoms with Gasteiger partial charge in [0.05, 0.1) is 17.7 Å². The summed E-state index contributed by atoms with van der Waals surface area (Å²) in [6, 6.07) is 1.84. The van der Waals surface area contributed by atoms with Gasteiger partial charge in [-0.3, -0.25) is 4.79 Å². The first-order valence-corrected chi connectivity index (χ1v) is 5.66. The molecule has 86 valence electrons. The number of hydrogen-bond donors (Lipinski definition) is 3. The van der Waals surface area contributed by atoms with E-state index in [1.807, 2.05) is 6.07 Å². The molecule has 0 saturated carbocycles. The number of anilines is 2. The van der Waals surface area contributed by atoms with Crippen LogP contribution in [-0.2, 0) is 4.79 Å². The minimum atomic E-state index is -0.826. The standard InChI is InChI=1S/C10H12BrN3O2/c1-10(5-15)4-13-7-2-6(11)3-12-8(7)14-9(10)16/h2-3,13,15H,4-5H2,1H3,(H,12,14,16)/t10-/m1/s1. The number of halogens is 1. The number of carbonyl (C=O) groups is 1. The molecule has 0 fully saturated rings. The van der Waals surface area contributed by atoms with E-state index in [1.54, 1.807) is 13.1 Å². The highest BCUT2D eigenvalue weighted by molar-refractivity contribution is 9.10. The molecule has 5 nitrogen and oxygen atoms in total. The molecular formula is C10H12BrN3O2. The normalized spacial score (nSPS) is 24.1. The van der Waals surface area contributed by atoms with Crippen molar-refractivity contribution in [2.75, 3.05) is 23.8 Å². The first kappa shape index (κ1) is 11.3. The van der Waals surface area contributed by atoms with E-state index in [-0.39, 0.29) is 12.5 Å². The SMILES string of the molecule is C[C@]1(CO)CNc2cc(Br)cnc2NC1=O. The molecule has 2 heterocycles. The van der Waals surface area contributed by atoms with E-state index in [0.29, 0.717) is 12.4 Å². The van der Waals surface area contributed by atoms with Crippen molar-refractivity contribution in [3.8, 4) is 0 Å². The average Bonchev–Trinajstić information content (AvgIpc) is 2.39. The molecule has 1 atom stereocenters. The second-order valence-corrected chi connectivity index (χ2v) is 4.99. The largest absolute Gasteiger partial charge is 0.395 e. The van der Waals surface area contributed by atoms with Crippen LogP contribution in [0, 0.1) is 5.41 Å². The Kier molecular flexibility index (Phi) is 2.86. The third-order valence-corrected chi connectivity index (χ3v) is 3.09. The number of aliphatic hydroxyl groups is 1. The average molecular weight is 286 g/mol. The molecule has 1 aromatic heterocycles. The van der Waals surface area contributed by atoms with Gasteiger partial charge in [0.1, 0.15) is 0 Å². The first-order valence-electron chi connectivity index (χ1n) is 4.87.